The van der Waals surface area contributed by atoms with Gasteiger partial charge in [-0.15, -0.1) is 0 Å². The number of hydrogen-bond acceptors (Lipinski definition) is 3. The second-order valence-electron chi connectivity index (χ2n) is 5.29. The highest BCUT2D eigenvalue weighted by Crippen LogP contribution is 2.38. The standard InChI is InChI=1S/C14H19NO2/c1-10-5-6-13(17-4)12(7-10)15-9-11(16)8-14(15,2)3/h5-7H,8-9H2,1-4H3. The van der Waals surface area contributed by atoms with Crippen LogP contribution in [0.5, 0.6) is 5.75 Å². The minimum absolute atomic E-state index is 0.127. The van der Waals surface area contributed by atoms with Gasteiger partial charge in [-0.25, -0.2) is 0 Å². The summed E-state index contributed by atoms with van der Waals surface area (Å²) < 4.78 is 5.39. The number of methoxy groups -OCH3 is 1. The summed E-state index contributed by atoms with van der Waals surface area (Å²) in [5.41, 5.74) is 2.07. The van der Waals surface area contributed by atoms with Gasteiger partial charge in [-0.3, -0.25) is 4.79 Å². The number of rotatable bonds is 2. The molecule has 1 saturated heterocycles. The summed E-state index contributed by atoms with van der Waals surface area (Å²) >= 11 is 0. The van der Waals surface area contributed by atoms with Crippen LogP contribution in [0.15, 0.2) is 18.2 Å². The van der Waals surface area contributed by atoms with Crippen molar-refractivity contribution in [2.24, 2.45) is 0 Å². The predicted octanol–water partition coefficient (Wildman–Crippen LogP) is 2.56. The van der Waals surface area contributed by atoms with Crippen LogP contribution >= 0.6 is 0 Å². The fourth-order valence-electron chi connectivity index (χ4n) is 2.45. The molecule has 1 aromatic rings. The number of aryl methyl sites for hydroxylation is 1. The third kappa shape index (κ3) is 2.14. The second kappa shape index (κ2) is 4.06. The Morgan fingerprint density at radius 1 is 1.35 bits per heavy atom. The first-order valence-corrected chi connectivity index (χ1v) is 5.88. The van der Waals surface area contributed by atoms with Gasteiger partial charge in [0.25, 0.3) is 0 Å². The molecular weight excluding hydrogens is 214 g/mol. The highest BCUT2D eigenvalue weighted by atomic mass is 16.5. The fraction of sp³-hybridized carbons (Fsp3) is 0.500. The number of nitrogens with zero attached hydrogens (tertiary/aromatic N) is 1. The average molecular weight is 233 g/mol. The first kappa shape index (κ1) is 12.0. The maximum atomic E-state index is 11.6. The minimum atomic E-state index is -0.127. The number of hydrogen-bond donors (Lipinski definition) is 0. The van der Waals surface area contributed by atoms with Crippen molar-refractivity contribution in [1.29, 1.82) is 0 Å². The second-order valence-corrected chi connectivity index (χ2v) is 5.29. The van der Waals surface area contributed by atoms with Gasteiger partial charge in [0.2, 0.25) is 0 Å². The van der Waals surface area contributed by atoms with E-state index in [0.29, 0.717) is 18.7 Å². The Morgan fingerprint density at radius 2 is 2.06 bits per heavy atom. The number of carbonyl (C=O) groups excluding carboxylic acids is 1. The van der Waals surface area contributed by atoms with Gasteiger partial charge in [-0.05, 0) is 38.5 Å². The average Bonchev–Trinajstić information content (AvgIpc) is 2.51. The van der Waals surface area contributed by atoms with Crippen LogP contribution in [-0.2, 0) is 4.79 Å². The first-order chi connectivity index (χ1) is 7.94. The quantitative estimate of drug-likeness (QED) is 0.786. The summed E-state index contributed by atoms with van der Waals surface area (Å²) in [4.78, 5) is 13.8. The molecule has 17 heavy (non-hydrogen) atoms. The van der Waals surface area contributed by atoms with Crippen molar-refractivity contribution in [2.45, 2.75) is 32.7 Å². The molecule has 1 heterocycles. The summed E-state index contributed by atoms with van der Waals surface area (Å²) in [6.07, 6.45) is 0.601. The SMILES string of the molecule is COc1ccc(C)cc1N1CC(=O)CC1(C)C. The van der Waals surface area contributed by atoms with E-state index >= 15 is 0 Å². The summed E-state index contributed by atoms with van der Waals surface area (Å²) in [6, 6.07) is 6.07. The zero-order valence-electron chi connectivity index (χ0n) is 10.9. The minimum Gasteiger partial charge on any atom is -0.495 e. The molecule has 2 rings (SSSR count). The van der Waals surface area contributed by atoms with Crippen LogP contribution < -0.4 is 9.64 Å². The zero-order chi connectivity index (χ0) is 12.6. The molecule has 92 valence electrons. The Hall–Kier alpha value is -1.51. The molecule has 1 fully saturated rings. The van der Waals surface area contributed by atoms with Crippen molar-refractivity contribution in [2.75, 3.05) is 18.6 Å². The van der Waals surface area contributed by atoms with E-state index < -0.39 is 0 Å². The Balaban J connectivity index is 2.46. The number of ketones is 1. The molecule has 1 aliphatic rings. The van der Waals surface area contributed by atoms with Crippen molar-refractivity contribution in [3.05, 3.63) is 23.8 Å². The lowest BCUT2D eigenvalue weighted by molar-refractivity contribution is -0.116. The third-order valence-electron chi connectivity index (χ3n) is 3.32. The van der Waals surface area contributed by atoms with Crippen molar-refractivity contribution < 1.29 is 9.53 Å². The molecule has 3 nitrogen and oxygen atoms in total. The smallest absolute Gasteiger partial charge is 0.154 e. The number of ether oxygens (including phenoxy) is 1. The normalized spacial score (nSPS) is 18.6. The van der Waals surface area contributed by atoms with Gasteiger partial charge in [0.05, 0.1) is 19.3 Å². The number of benzene rings is 1. The molecule has 0 aliphatic carbocycles. The molecule has 0 radical (unpaired) electrons. The van der Waals surface area contributed by atoms with Crippen molar-refractivity contribution in [1.82, 2.24) is 0 Å². The lowest BCUT2D eigenvalue weighted by Gasteiger charge is -2.33. The van der Waals surface area contributed by atoms with Gasteiger partial charge >= 0.3 is 0 Å². The largest absolute Gasteiger partial charge is 0.495 e. The van der Waals surface area contributed by atoms with E-state index in [1.807, 2.05) is 19.1 Å². The highest BCUT2D eigenvalue weighted by Gasteiger charge is 2.38. The lowest BCUT2D eigenvalue weighted by atomic mass is 10.0. The van der Waals surface area contributed by atoms with Gasteiger partial charge < -0.3 is 9.64 Å². The van der Waals surface area contributed by atoms with Crippen molar-refractivity contribution >= 4 is 11.5 Å². The van der Waals surface area contributed by atoms with Gasteiger partial charge in [-0.2, -0.15) is 0 Å². The molecule has 0 spiro atoms. The van der Waals surface area contributed by atoms with Crippen LogP contribution in [0, 0.1) is 6.92 Å². The van der Waals surface area contributed by atoms with E-state index in [0.717, 1.165) is 11.4 Å². The van der Waals surface area contributed by atoms with Crippen LogP contribution in [0.1, 0.15) is 25.8 Å². The molecule has 0 N–H and O–H groups in total. The van der Waals surface area contributed by atoms with E-state index in [2.05, 4.69) is 24.8 Å². The van der Waals surface area contributed by atoms with Crippen LogP contribution in [0.4, 0.5) is 5.69 Å². The Labute approximate surface area is 102 Å². The summed E-state index contributed by atoms with van der Waals surface area (Å²) in [5.74, 6) is 1.12. The zero-order valence-corrected chi connectivity index (χ0v) is 10.9. The van der Waals surface area contributed by atoms with E-state index in [-0.39, 0.29) is 5.54 Å². The highest BCUT2D eigenvalue weighted by molar-refractivity contribution is 5.90. The maximum absolute atomic E-state index is 11.6. The van der Waals surface area contributed by atoms with Gasteiger partial charge in [0.1, 0.15) is 5.75 Å². The molecule has 0 aromatic heterocycles. The number of anilines is 1. The number of Topliss-reactive ketones (excluding diaryl/α,β-unsaturated/α-hetero) is 1. The van der Waals surface area contributed by atoms with Gasteiger partial charge in [-0.1, -0.05) is 6.07 Å². The van der Waals surface area contributed by atoms with Crippen molar-refractivity contribution in [3.63, 3.8) is 0 Å². The number of carbonyl (C=O) groups is 1. The van der Waals surface area contributed by atoms with Gasteiger partial charge in [0.15, 0.2) is 5.78 Å². The van der Waals surface area contributed by atoms with Crippen LogP contribution in [-0.4, -0.2) is 25.0 Å². The Kier molecular flexibility index (Phi) is 2.86. The molecule has 0 amide bonds. The van der Waals surface area contributed by atoms with Gasteiger partial charge in [0, 0.05) is 12.0 Å². The Bertz CT molecular complexity index is 452. The molecule has 3 heteroatoms. The molecular formula is C14H19NO2. The van der Waals surface area contributed by atoms with E-state index in [9.17, 15) is 4.79 Å². The molecule has 1 aliphatic heterocycles. The molecule has 0 unspecified atom stereocenters. The van der Waals surface area contributed by atoms with E-state index in [1.165, 1.54) is 5.56 Å². The van der Waals surface area contributed by atoms with Crippen LogP contribution in [0.2, 0.25) is 0 Å². The Morgan fingerprint density at radius 3 is 2.59 bits per heavy atom. The summed E-state index contributed by atoms with van der Waals surface area (Å²) in [5, 5.41) is 0. The van der Waals surface area contributed by atoms with Crippen LogP contribution in [0.3, 0.4) is 0 Å². The summed E-state index contributed by atoms with van der Waals surface area (Å²) in [6.45, 7) is 6.72. The lowest BCUT2D eigenvalue weighted by Crippen LogP contribution is -2.38. The summed E-state index contributed by atoms with van der Waals surface area (Å²) in [7, 11) is 1.67. The molecule has 0 saturated carbocycles. The van der Waals surface area contributed by atoms with E-state index in [1.54, 1.807) is 7.11 Å². The predicted molar refractivity (Wildman–Crippen MR) is 68.8 cm³/mol. The van der Waals surface area contributed by atoms with E-state index in [4.69, 9.17) is 4.74 Å². The maximum Gasteiger partial charge on any atom is 0.154 e. The molecule has 0 atom stereocenters. The van der Waals surface area contributed by atoms with Crippen LogP contribution in [0.25, 0.3) is 0 Å². The first-order valence-electron chi connectivity index (χ1n) is 5.88. The molecule has 0 bridgehead atoms. The van der Waals surface area contributed by atoms with Crippen molar-refractivity contribution in [3.8, 4) is 5.75 Å². The topological polar surface area (TPSA) is 29.5 Å². The third-order valence-corrected chi connectivity index (χ3v) is 3.32. The molecule has 1 aromatic carbocycles. The monoisotopic (exact) mass is 233 g/mol. The fourth-order valence-corrected chi connectivity index (χ4v) is 2.45.